The molecule has 13 heteroatoms. The maximum absolute atomic E-state index is 13.7. The standard InChI is InChI=1S/C25H34N5O6PS/c1-17(2)34-21(31)20-19(18-12-9-10-13-26-18)29-23(38-20)30(22-27-14-11-15-28-22)16-33-37(32,35-24(3,4)5)36-25(6,7)8/h9-15,17H,16H2,1-8H3. The molecule has 3 aromatic heterocycles. The SMILES string of the molecule is CC(C)OC(=O)c1sc(N(COP(=O)(OC(C)(C)C)OC(C)(C)C)c2ncccn2)nc1-c1ccccn1. The zero-order chi connectivity index (χ0) is 28.1. The lowest BCUT2D eigenvalue weighted by Gasteiger charge is -2.32. The lowest BCUT2D eigenvalue weighted by Crippen LogP contribution is -2.28. The first kappa shape index (κ1) is 29.8. The van der Waals surface area contributed by atoms with Crippen molar-refractivity contribution in [1.29, 1.82) is 0 Å². The largest absolute Gasteiger partial charge is 0.477 e. The van der Waals surface area contributed by atoms with Gasteiger partial charge in [-0.05, 0) is 73.6 Å². The number of anilines is 2. The minimum Gasteiger partial charge on any atom is -0.459 e. The predicted molar refractivity (Wildman–Crippen MR) is 145 cm³/mol. The Labute approximate surface area is 227 Å². The molecule has 0 atom stereocenters. The number of aromatic nitrogens is 4. The molecule has 0 unspecified atom stereocenters. The zero-order valence-corrected chi connectivity index (χ0v) is 24.6. The van der Waals surface area contributed by atoms with Crippen molar-refractivity contribution in [3.8, 4) is 11.4 Å². The van der Waals surface area contributed by atoms with E-state index in [1.807, 2.05) is 0 Å². The van der Waals surface area contributed by atoms with Crippen LogP contribution in [0.2, 0.25) is 0 Å². The van der Waals surface area contributed by atoms with Crippen molar-refractivity contribution in [2.24, 2.45) is 0 Å². The Morgan fingerprint density at radius 3 is 2.11 bits per heavy atom. The van der Waals surface area contributed by atoms with Gasteiger partial charge in [0.1, 0.15) is 17.3 Å². The van der Waals surface area contributed by atoms with Gasteiger partial charge in [-0.1, -0.05) is 17.4 Å². The summed E-state index contributed by atoms with van der Waals surface area (Å²) < 4.78 is 36.5. The van der Waals surface area contributed by atoms with Crippen LogP contribution in [0, 0.1) is 0 Å². The number of ether oxygens (including phenoxy) is 1. The molecule has 0 aliphatic heterocycles. The van der Waals surface area contributed by atoms with E-state index < -0.39 is 25.0 Å². The fourth-order valence-electron chi connectivity index (χ4n) is 3.01. The third kappa shape index (κ3) is 8.64. The van der Waals surface area contributed by atoms with Gasteiger partial charge in [0.05, 0.1) is 23.0 Å². The van der Waals surface area contributed by atoms with Crippen molar-refractivity contribution < 1.29 is 27.7 Å². The van der Waals surface area contributed by atoms with E-state index >= 15 is 0 Å². The van der Waals surface area contributed by atoms with E-state index in [4.69, 9.17) is 18.3 Å². The van der Waals surface area contributed by atoms with Crippen LogP contribution in [0.15, 0.2) is 42.9 Å². The average molecular weight is 564 g/mol. The summed E-state index contributed by atoms with van der Waals surface area (Å²) in [5.74, 6) is -0.340. The van der Waals surface area contributed by atoms with E-state index in [1.54, 1.807) is 98.2 Å². The summed E-state index contributed by atoms with van der Waals surface area (Å²) in [5, 5.41) is 0.297. The van der Waals surface area contributed by atoms with E-state index in [9.17, 15) is 9.36 Å². The summed E-state index contributed by atoms with van der Waals surface area (Å²) in [4.78, 5) is 32.4. The molecule has 3 rings (SSSR count). The van der Waals surface area contributed by atoms with Gasteiger partial charge in [0.15, 0.2) is 5.13 Å². The Kier molecular flexibility index (Phi) is 9.38. The minimum absolute atomic E-state index is 0.204. The molecule has 38 heavy (non-hydrogen) atoms. The smallest absolute Gasteiger partial charge is 0.459 e. The van der Waals surface area contributed by atoms with Gasteiger partial charge in [-0.3, -0.25) is 23.5 Å². The van der Waals surface area contributed by atoms with Crippen LogP contribution >= 0.6 is 19.2 Å². The number of esters is 1. The fourth-order valence-corrected chi connectivity index (χ4v) is 5.69. The molecule has 0 aliphatic carbocycles. The molecule has 3 heterocycles. The Bertz CT molecular complexity index is 1240. The number of phosphoric acid groups is 1. The second kappa shape index (κ2) is 12.0. The van der Waals surface area contributed by atoms with Gasteiger partial charge in [0.25, 0.3) is 0 Å². The summed E-state index contributed by atoms with van der Waals surface area (Å²) in [6.45, 7) is 13.7. The van der Waals surface area contributed by atoms with Gasteiger partial charge in [-0.2, -0.15) is 0 Å². The highest BCUT2D eigenvalue weighted by atomic mass is 32.1. The predicted octanol–water partition coefficient (Wildman–Crippen LogP) is 6.41. The molecule has 0 aromatic carbocycles. The lowest BCUT2D eigenvalue weighted by atomic mass is 10.2. The fraction of sp³-hybridized carbons (Fsp3) is 0.480. The van der Waals surface area contributed by atoms with Crippen molar-refractivity contribution in [3.63, 3.8) is 0 Å². The van der Waals surface area contributed by atoms with Crippen LogP contribution < -0.4 is 4.90 Å². The first-order valence-corrected chi connectivity index (χ1v) is 14.3. The topological polar surface area (TPSA) is 126 Å². The van der Waals surface area contributed by atoms with Crippen LogP contribution in [-0.2, 0) is 22.9 Å². The molecule has 0 saturated heterocycles. The van der Waals surface area contributed by atoms with E-state index in [0.717, 1.165) is 11.3 Å². The molecule has 0 spiro atoms. The van der Waals surface area contributed by atoms with Gasteiger partial charge < -0.3 is 4.74 Å². The van der Waals surface area contributed by atoms with Crippen molar-refractivity contribution in [2.75, 3.05) is 11.6 Å². The molecule has 206 valence electrons. The molecule has 0 N–H and O–H groups in total. The molecule has 11 nitrogen and oxygen atoms in total. The van der Waals surface area contributed by atoms with Crippen molar-refractivity contribution in [2.45, 2.75) is 72.7 Å². The maximum Gasteiger partial charge on any atom is 0.477 e. The number of pyridine rings is 1. The first-order chi connectivity index (χ1) is 17.7. The monoisotopic (exact) mass is 563 g/mol. The third-order valence-corrected chi connectivity index (χ3v) is 7.23. The van der Waals surface area contributed by atoms with E-state index in [-0.39, 0.29) is 23.7 Å². The summed E-state index contributed by atoms with van der Waals surface area (Å²) in [6.07, 6.45) is 4.37. The number of rotatable bonds is 10. The number of nitrogens with zero attached hydrogens (tertiary/aromatic N) is 5. The highest BCUT2D eigenvalue weighted by molar-refractivity contribution is 7.48. The second-order valence-corrected chi connectivity index (χ2v) is 12.9. The van der Waals surface area contributed by atoms with E-state index in [1.165, 1.54) is 4.90 Å². The Morgan fingerprint density at radius 2 is 1.58 bits per heavy atom. The van der Waals surface area contributed by atoms with Crippen molar-refractivity contribution in [1.82, 2.24) is 19.9 Å². The van der Waals surface area contributed by atoms with Crippen LogP contribution in [0.3, 0.4) is 0 Å². The molecular formula is C25H34N5O6PS. The Hall–Kier alpha value is -2.76. The average Bonchev–Trinajstić information content (AvgIpc) is 3.23. The Balaban J connectivity index is 2.06. The number of hydrogen-bond donors (Lipinski definition) is 0. The number of hydrogen-bond acceptors (Lipinski definition) is 12. The second-order valence-electron chi connectivity index (χ2n) is 10.4. The number of carbonyl (C=O) groups is 1. The molecule has 0 radical (unpaired) electrons. The van der Waals surface area contributed by atoms with Crippen molar-refractivity contribution in [3.05, 3.63) is 47.7 Å². The van der Waals surface area contributed by atoms with Crippen LogP contribution in [0.1, 0.15) is 65.1 Å². The quantitative estimate of drug-likeness (QED) is 0.154. The van der Waals surface area contributed by atoms with E-state index in [2.05, 4.69) is 19.9 Å². The molecule has 0 bridgehead atoms. The number of phosphoric ester groups is 1. The summed E-state index contributed by atoms with van der Waals surface area (Å²) in [5.41, 5.74) is -0.832. The normalized spacial score (nSPS) is 12.6. The lowest BCUT2D eigenvalue weighted by molar-refractivity contribution is 0.00404. The van der Waals surface area contributed by atoms with Crippen molar-refractivity contribution >= 4 is 36.2 Å². The van der Waals surface area contributed by atoms with Gasteiger partial charge in [-0.15, -0.1) is 0 Å². The van der Waals surface area contributed by atoms with Crippen LogP contribution in [0.4, 0.5) is 11.1 Å². The molecular weight excluding hydrogens is 529 g/mol. The Morgan fingerprint density at radius 1 is 0.974 bits per heavy atom. The highest BCUT2D eigenvalue weighted by Crippen LogP contribution is 2.55. The van der Waals surface area contributed by atoms with Gasteiger partial charge in [-0.25, -0.2) is 24.3 Å². The maximum atomic E-state index is 13.7. The molecule has 0 aliphatic rings. The molecule has 3 aromatic rings. The summed E-state index contributed by atoms with van der Waals surface area (Å²) >= 11 is 1.05. The third-order valence-electron chi connectivity index (χ3n) is 4.19. The highest BCUT2D eigenvalue weighted by Gasteiger charge is 2.38. The van der Waals surface area contributed by atoms with Crippen LogP contribution in [0.5, 0.6) is 0 Å². The van der Waals surface area contributed by atoms with Gasteiger partial charge in [0.2, 0.25) is 5.95 Å². The molecule has 0 fully saturated rings. The number of thiazole rings is 1. The zero-order valence-electron chi connectivity index (χ0n) is 22.9. The van der Waals surface area contributed by atoms with Crippen LogP contribution in [-0.4, -0.2) is 49.9 Å². The summed E-state index contributed by atoms with van der Waals surface area (Å²) in [7, 11) is -4.08. The van der Waals surface area contributed by atoms with E-state index in [0.29, 0.717) is 16.5 Å². The molecule has 0 amide bonds. The van der Waals surface area contributed by atoms with Gasteiger partial charge >= 0.3 is 13.8 Å². The minimum atomic E-state index is -4.08. The van der Waals surface area contributed by atoms with Gasteiger partial charge in [0, 0.05) is 18.6 Å². The summed E-state index contributed by atoms with van der Waals surface area (Å²) in [6, 6.07) is 6.96. The molecule has 0 saturated carbocycles. The first-order valence-electron chi connectivity index (χ1n) is 12.0. The van der Waals surface area contributed by atoms with Crippen LogP contribution in [0.25, 0.3) is 11.4 Å². The number of carbonyl (C=O) groups excluding carboxylic acids is 1.